The Morgan fingerprint density at radius 1 is 1.21 bits per heavy atom. The van der Waals surface area contributed by atoms with Gasteiger partial charge in [0.25, 0.3) is 0 Å². The minimum atomic E-state index is -0.554. The Balaban J connectivity index is 1.97. The van der Waals surface area contributed by atoms with Crippen LogP contribution < -0.4 is 0 Å². The highest BCUT2D eigenvalue weighted by atomic mass is 16.5. The molecule has 110 valence electrons. The molecular formula is C16H28O3. The zero-order valence-electron chi connectivity index (χ0n) is 12.4. The van der Waals surface area contributed by atoms with Crippen molar-refractivity contribution in [2.75, 3.05) is 13.2 Å². The second-order valence-electron chi connectivity index (χ2n) is 6.93. The quantitative estimate of drug-likeness (QED) is 0.845. The predicted octanol–water partition coefficient (Wildman–Crippen LogP) is 3.72. The van der Waals surface area contributed by atoms with Crippen LogP contribution in [0, 0.1) is 23.2 Å². The van der Waals surface area contributed by atoms with Gasteiger partial charge < -0.3 is 9.84 Å². The van der Waals surface area contributed by atoms with Gasteiger partial charge in [-0.2, -0.15) is 0 Å². The van der Waals surface area contributed by atoms with Crippen molar-refractivity contribution in [3.8, 4) is 0 Å². The van der Waals surface area contributed by atoms with Gasteiger partial charge in [-0.3, -0.25) is 4.79 Å². The zero-order chi connectivity index (χ0) is 13.9. The van der Waals surface area contributed by atoms with Crippen LogP contribution in [0.25, 0.3) is 0 Å². The molecule has 2 rings (SSSR count). The van der Waals surface area contributed by atoms with Gasteiger partial charge in [-0.25, -0.2) is 0 Å². The second-order valence-corrected chi connectivity index (χ2v) is 6.93. The summed E-state index contributed by atoms with van der Waals surface area (Å²) < 4.78 is 5.38. The van der Waals surface area contributed by atoms with Crippen LogP contribution in [0.4, 0.5) is 0 Å². The van der Waals surface area contributed by atoms with Crippen molar-refractivity contribution < 1.29 is 14.6 Å². The van der Waals surface area contributed by atoms with Gasteiger partial charge in [0, 0.05) is 13.2 Å². The van der Waals surface area contributed by atoms with Gasteiger partial charge in [-0.1, -0.05) is 13.8 Å². The van der Waals surface area contributed by atoms with Crippen LogP contribution in [0.3, 0.4) is 0 Å². The van der Waals surface area contributed by atoms with E-state index in [1.165, 1.54) is 0 Å². The number of hydrogen-bond donors (Lipinski definition) is 1. The monoisotopic (exact) mass is 268 g/mol. The van der Waals surface area contributed by atoms with Crippen molar-refractivity contribution >= 4 is 5.97 Å². The Hall–Kier alpha value is -0.570. The number of rotatable bonds is 4. The lowest BCUT2D eigenvalue weighted by Gasteiger charge is -2.40. The van der Waals surface area contributed by atoms with Crippen molar-refractivity contribution in [2.45, 2.75) is 58.8 Å². The maximum Gasteiger partial charge on any atom is 0.309 e. The summed E-state index contributed by atoms with van der Waals surface area (Å²) in [5, 5.41) is 9.71. The van der Waals surface area contributed by atoms with E-state index >= 15 is 0 Å². The highest BCUT2D eigenvalue weighted by Crippen LogP contribution is 2.46. The van der Waals surface area contributed by atoms with E-state index in [9.17, 15) is 9.90 Å². The topological polar surface area (TPSA) is 46.5 Å². The molecule has 2 aliphatic rings. The first-order chi connectivity index (χ1) is 9.03. The van der Waals surface area contributed by atoms with E-state index in [4.69, 9.17) is 4.74 Å². The molecular weight excluding hydrogens is 240 g/mol. The Morgan fingerprint density at radius 3 is 2.26 bits per heavy atom. The average Bonchev–Trinajstić information content (AvgIpc) is 2.40. The van der Waals surface area contributed by atoms with Crippen molar-refractivity contribution in [3.05, 3.63) is 0 Å². The van der Waals surface area contributed by atoms with Crippen molar-refractivity contribution in [3.63, 3.8) is 0 Å². The van der Waals surface area contributed by atoms with E-state index in [-0.39, 0.29) is 0 Å². The summed E-state index contributed by atoms with van der Waals surface area (Å²) in [5.41, 5.74) is -0.437. The Bertz CT molecular complexity index is 297. The lowest BCUT2D eigenvalue weighted by atomic mass is 9.64. The molecule has 2 fully saturated rings. The summed E-state index contributed by atoms with van der Waals surface area (Å²) in [4.78, 5) is 11.8. The summed E-state index contributed by atoms with van der Waals surface area (Å²) in [6.45, 7) is 6.15. The predicted molar refractivity (Wildman–Crippen MR) is 75.0 cm³/mol. The van der Waals surface area contributed by atoms with E-state index in [0.717, 1.165) is 64.1 Å². The smallest absolute Gasteiger partial charge is 0.309 e. The van der Waals surface area contributed by atoms with Crippen LogP contribution in [-0.2, 0) is 9.53 Å². The fraction of sp³-hybridized carbons (Fsp3) is 0.938. The van der Waals surface area contributed by atoms with Crippen molar-refractivity contribution in [2.24, 2.45) is 23.2 Å². The molecule has 1 heterocycles. The number of carbonyl (C=O) groups is 1. The first kappa shape index (κ1) is 14.8. The molecule has 3 heteroatoms. The summed E-state index contributed by atoms with van der Waals surface area (Å²) >= 11 is 0. The van der Waals surface area contributed by atoms with Crippen LogP contribution in [0.5, 0.6) is 0 Å². The molecule has 0 aromatic rings. The number of hydrogen-bond acceptors (Lipinski definition) is 2. The van der Waals surface area contributed by atoms with Gasteiger partial charge in [0.1, 0.15) is 0 Å². The third-order valence-corrected chi connectivity index (χ3v) is 5.40. The third-order valence-electron chi connectivity index (χ3n) is 5.40. The molecule has 0 unspecified atom stereocenters. The van der Waals surface area contributed by atoms with Crippen LogP contribution >= 0.6 is 0 Å². The number of aliphatic carboxylic acids is 1. The first-order valence-electron chi connectivity index (χ1n) is 7.85. The maximum atomic E-state index is 11.8. The lowest BCUT2D eigenvalue weighted by Crippen LogP contribution is -2.39. The fourth-order valence-electron chi connectivity index (χ4n) is 3.87. The fourth-order valence-corrected chi connectivity index (χ4v) is 3.87. The number of carboxylic acids is 1. The molecule has 0 amide bonds. The minimum absolute atomic E-state index is 0.437. The maximum absolute atomic E-state index is 11.8. The van der Waals surface area contributed by atoms with E-state index in [1.807, 2.05) is 0 Å². The third kappa shape index (κ3) is 3.50. The molecule has 3 nitrogen and oxygen atoms in total. The van der Waals surface area contributed by atoms with Crippen LogP contribution in [0.15, 0.2) is 0 Å². The van der Waals surface area contributed by atoms with Crippen molar-refractivity contribution in [1.82, 2.24) is 0 Å². The van der Waals surface area contributed by atoms with Gasteiger partial charge in [-0.15, -0.1) is 0 Å². The molecule has 1 N–H and O–H groups in total. The normalized spacial score (nSPS) is 33.5. The SMILES string of the molecule is CC(C)C1CCC(CC2CCOCC2)(C(=O)O)CC1. The molecule has 0 aromatic carbocycles. The minimum Gasteiger partial charge on any atom is -0.481 e. The molecule has 0 radical (unpaired) electrons. The Kier molecular flexibility index (Phi) is 4.88. The van der Waals surface area contributed by atoms with E-state index in [1.54, 1.807) is 0 Å². The van der Waals surface area contributed by atoms with Gasteiger partial charge in [0.05, 0.1) is 5.41 Å². The highest BCUT2D eigenvalue weighted by molar-refractivity contribution is 5.74. The van der Waals surface area contributed by atoms with E-state index in [2.05, 4.69) is 13.8 Å². The summed E-state index contributed by atoms with van der Waals surface area (Å²) in [5.74, 6) is 1.42. The van der Waals surface area contributed by atoms with Crippen LogP contribution in [0.1, 0.15) is 58.8 Å². The molecule has 0 atom stereocenters. The average molecular weight is 268 g/mol. The van der Waals surface area contributed by atoms with Gasteiger partial charge in [0.2, 0.25) is 0 Å². The van der Waals surface area contributed by atoms with Crippen LogP contribution in [0.2, 0.25) is 0 Å². The molecule has 1 aliphatic heterocycles. The number of ether oxygens (including phenoxy) is 1. The van der Waals surface area contributed by atoms with Gasteiger partial charge >= 0.3 is 5.97 Å². The Morgan fingerprint density at radius 2 is 1.79 bits per heavy atom. The highest BCUT2D eigenvalue weighted by Gasteiger charge is 2.43. The molecule has 1 saturated heterocycles. The summed E-state index contributed by atoms with van der Waals surface area (Å²) in [6.07, 6.45) is 6.90. The van der Waals surface area contributed by atoms with Gasteiger partial charge in [-0.05, 0) is 62.7 Å². The first-order valence-corrected chi connectivity index (χ1v) is 7.85. The largest absolute Gasteiger partial charge is 0.481 e. The zero-order valence-corrected chi connectivity index (χ0v) is 12.4. The van der Waals surface area contributed by atoms with Crippen molar-refractivity contribution in [1.29, 1.82) is 0 Å². The van der Waals surface area contributed by atoms with Crippen LogP contribution in [-0.4, -0.2) is 24.3 Å². The van der Waals surface area contributed by atoms with E-state index < -0.39 is 11.4 Å². The molecule has 1 aliphatic carbocycles. The van der Waals surface area contributed by atoms with Gasteiger partial charge in [0.15, 0.2) is 0 Å². The molecule has 0 aromatic heterocycles. The molecule has 1 saturated carbocycles. The lowest BCUT2D eigenvalue weighted by molar-refractivity contribution is -0.154. The second kappa shape index (κ2) is 6.25. The standard InChI is InChI=1S/C16H28O3/c1-12(2)14-3-7-16(8-4-14,15(17)18)11-13-5-9-19-10-6-13/h12-14H,3-11H2,1-2H3,(H,17,18). The molecule has 0 spiro atoms. The number of carboxylic acid groups (broad SMARTS) is 1. The Labute approximate surface area is 116 Å². The summed E-state index contributed by atoms with van der Waals surface area (Å²) in [7, 11) is 0. The molecule has 19 heavy (non-hydrogen) atoms. The summed E-state index contributed by atoms with van der Waals surface area (Å²) in [6, 6.07) is 0. The molecule has 0 bridgehead atoms. The van der Waals surface area contributed by atoms with E-state index in [0.29, 0.717) is 11.8 Å².